The number of nitrogens with two attached hydrogens (primary N) is 2. The van der Waals surface area contributed by atoms with Gasteiger partial charge in [0.15, 0.2) is 6.04 Å². The highest BCUT2D eigenvalue weighted by atomic mass is 35.5. The van der Waals surface area contributed by atoms with Crippen molar-refractivity contribution < 1.29 is 34.4 Å². The molecule has 178 valence electrons. The predicted molar refractivity (Wildman–Crippen MR) is 121 cm³/mol. The van der Waals surface area contributed by atoms with Crippen molar-refractivity contribution >= 4 is 42.0 Å². The highest BCUT2D eigenvalue weighted by Crippen LogP contribution is 2.18. The molecule has 0 spiro atoms. The molecule has 0 aromatic heterocycles. The van der Waals surface area contributed by atoms with E-state index < -0.39 is 24.0 Å². The van der Waals surface area contributed by atoms with Gasteiger partial charge in [-0.25, -0.2) is 10.0 Å². The van der Waals surface area contributed by atoms with Crippen LogP contribution in [0, 0.1) is 0 Å². The minimum Gasteiger partial charge on any atom is -0.508 e. The summed E-state index contributed by atoms with van der Waals surface area (Å²) in [5.74, 6) is -1.74. The van der Waals surface area contributed by atoms with Gasteiger partial charge in [-0.05, 0) is 54.1 Å². The summed E-state index contributed by atoms with van der Waals surface area (Å²) in [6.45, 7) is 3.26. The van der Waals surface area contributed by atoms with E-state index in [2.05, 4.69) is 22.3 Å². The number of aliphatic carboxylic acids is 1. The number of hydrogen-bond donors (Lipinski definition) is 6. The fourth-order valence-electron chi connectivity index (χ4n) is 2.20. The minimum atomic E-state index is -1.08. The number of aromatic hydroxyl groups is 2. The van der Waals surface area contributed by atoms with Crippen LogP contribution in [0.4, 0.5) is 0 Å². The van der Waals surface area contributed by atoms with E-state index in [1.165, 1.54) is 43.3 Å². The summed E-state index contributed by atoms with van der Waals surface area (Å²) in [6.07, 6.45) is 0. The van der Waals surface area contributed by atoms with E-state index in [0.717, 1.165) is 0 Å². The Morgan fingerprint density at radius 2 is 1.38 bits per heavy atom. The molecule has 2 aromatic rings. The SMILES string of the molecule is CCOC(=O)[C@H](NC(C)=O)c1ccc(O)cc1.Cl.NCl.N[C@@H](C(=O)O)c1ccc(O)cc1. The van der Waals surface area contributed by atoms with Gasteiger partial charge in [0, 0.05) is 6.92 Å². The summed E-state index contributed by atoms with van der Waals surface area (Å²) in [5, 5.41) is 33.0. The smallest absolute Gasteiger partial charge is 0.333 e. The van der Waals surface area contributed by atoms with E-state index in [-0.39, 0.29) is 36.4 Å². The number of esters is 1. The van der Waals surface area contributed by atoms with Gasteiger partial charge in [-0.15, -0.1) is 12.4 Å². The molecule has 0 radical (unpaired) electrons. The number of carbonyl (C=O) groups excluding carboxylic acids is 2. The quantitative estimate of drug-likeness (QED) is 0.260. The molecule has 8 N–H and O–H groups in total. The third-order valence-corrected chi connectivity index (χ3v) is 3.61. The average Bonchev–Trinajstić information content (AvgIpc) is 2.74. The number of phenolic OH excluding ortho intramolecular Hbond substituents is 2. The number of amides is 1. The third kappa shape index (κ3) is 11.4. The van der Waals surface area contributed by atoms with Gasteiger partial charge in [-0.2, -0.15) is 0 Å². The second kappa shape index (κ2) is 16.6. The molecular weight excluding hydrogens is 465 g/mol. The van der Waals surface area contributed by atoms with E-state index in [4.69, 9.17) is 25.8 Å². The molecule has 0 aliphatic heterocycles. The Morgan fingerprint density at radius 3 is 1.72 bits per heavy atom. The highest BCUT2D eigenvalue weighted by Gasteiger charge is 2.22. The van der Waals surface area contributed by atoms with Crippen LogP contribution in [0.25, 0.3) is 0 Å². The zero-order valence-corrected chi connectivity index (χ0v) is 19.0. The first kappa shape index (κ1) is 31.1. The number of ether oxygens (including phenoxy) is 1. The molecule has 0 saturated carbocycles. The fraction of sp³-hybridized carbons (Fsp3) is 0.250. The minimum absolute atomic E-state index is 0. The summed E-state index contributed by atoms with van der Waals surface area (Å²) in [5.41, 5.74) is 6.35. The Hall–Kier alpha value is -3.05. The number of phenols is 2. The third-order valence-electron chi connectivity index (χ3n) is 3.61. The standard InChI is InChI=1S/C12H15NO4.C8H9NO3.ClH2N.ClH/c1-3-17-12(16)11(13-8(2)14)9-4-6-10(15)7-5-9;9-7(8(11)12)5-1-3-6(10)4-2-5;1-2;/h4-7,11,15H,3H2,1-2H3,(H,13,14);1-4,7,10H,9H2,(H,11,12);2H2;1H/t11-;7-;;/m11../s1. The maximum absolute atomic E-state index is 11.7. The molecule has 10 nitrogen and oxygen atoms in total. The molecule has 0 aliphatic carbocycles. The number of hydrogen-bond acceptors (Lipinski definition) is 8. The second-order valence-corrected chi connectivity index (χ2v) is 5.88. The number of carboxylic acids is 1. The number of benzene rings is 2. The van der Waals surface area contributed by atoms with Crippen LogP contribution in [0.15, 0.2) is 48.5 Å². The van der Waals surface area contributed by atoms with Gasteiger partial charge in [0.05, 0.1) is 6.61 Å². The molecule has 0 fully saturated rings. The molecule has 0 heterocycles. The van der Waals surface area contributed by atoms with Crippen LogP contribution in [0.2, 0.25) is 0 Å². The molecule has 0 aliphatic rings. The second-order valence-electron chi connectivity index (χ2n) is 5.88. The summed E-state index contributed by atoms with van der Waals surface area (Å²) < 4.78 is 4.87. The van der Waals surface area contributed by atoms with Crippen LogP contribution in [0.1, 0.15) is 37.1 Å². The Kier molecular flexibility index (Phi) is 16.2. The molecule has 0 bridgehead atoms. The van der Waals surface area contributed by atoms with Crippen molar-refractivity contribution in [2.45, 2.75) is 25.9 Å². The first-order valence-corrected chi connectivity index (χ1v) is 9.31. The Labute approximate surface area is 196 Å². The molecule has 1 amide bonds. The van der Waals surface area contributed by atoms with Gasteiger partial charge in [-0.1, -0.05) is 24.3 Å². The topological polar surface area (TPSA) is 185 Å². The molecule has 2 aromatic carbocycles. The van der Waals surface area contributed by atoms with Crippen molar-refractivity contribution in [1.29, 1.82) is 0 Å². The largest absolute Gasteiger partial charge is 0.508 e. The van der Waals surface area contributed by atoms with Gasteiger partial charge in [-0.3, -0.25) is 9.59 Å². The molecule has 0 unspecified atom stereocenters. The van der Waals surface area contributed by atoms with Crippen molar-refractivity contribution in [1.82, 2.24) is 5.32 Å². The first-order valence-electron chi connectivity index (χ1n) is 8.87. The molecular formula is C20H27Cl2N3O7. The van der Waals surface area contributed by atoms with Crippen LogP contribution in [-0.2, 0) is 19.1 Å². The van der Waals surface area contributed by atoms with Crippen LogP contribution in [0.3, 0.4) is 0 Å². The van der Waals surface area contributed by atoms with Crippen molar-refractivity contribution in [3.8, 4) is 11.5 Å². The lowest BCUT2D eigenvalue weighted by atomic mass is 10.1. The van der Waals surface area contributed by atoms with Gasteiger partial charge < -0.3 is 31.1 Å². The van der Waals surface area contributed by atoms with E-state index in [1.807, 2.05) is 0 Å². The summed E-state index contributed by atoms with van der Waals surface area (Å²) in [6, 6.07) is 9.92. The van der Waals surface area contributed by atoms with E-state index in [1.54, 1.807) is 19.1 Å². The number of nitrogens with one attached hydrogen (secondary N) is 1. The lowest BCUT2D eigenvalue weighted by molar-refractivity contribution is -0.147. The molecule has 12 heteroatoms. The summed E-state index contributed by atoms with van der Waals surface area (Å²) >= 11 is 4.14. The van der Waals surface area contributed by atoms with E-state index in [9.17, 15) is 14.4 Å². The van der Waals surface area contributed by atoms with Crippen molar-refractivity contribution in [2.75, 3.05) is 6.61 Å². The first-order chi connectivity index (χ1) is 14.6. The van der Waals surface area contributed by atoms with Gasteiger partial charge in [0.1, 0.15) is 17.5 Å². The molecule has 0 saturated heterocycles. The van der Waals surface area contributed by atoms with Crippen LogP contribution >= 0.6 is 24.2 Å². The average molecular weight is 492 g/mol. The normalized spacial score (nSPS) is 11.0. The van der Waals surface area contributed by atoms with Gasteiger partial charge in [0.25, 0.3) is 0 Å². The monoisotopic (exact) mass is 491 g/mol. The summed E-state index contributed by atoms with van der Waals surface area (Å²) in [4.78, 5) is 33.1. The number of carboxylic acid groups (broad SMARTS) is 1. The lowest BCUT2D eigenvalue weighted by Gasteiger charge is -2.16. The van der Waals surface area contributed by atoms with Crippen LogP contribution in [0.5, 0.6) is 11.5 Å². The fourth-order valence-corrected chi connectivity index (χ4v) is 2.20. The summed E-state index contributed by atoms with van der Waals surface area (Å²) in [7, 11) is 0. The number of halogens is 2. The highest BCUT2D eigenvalue weighted by molar-refractivity contribution is 6.11. The van der Waals surface area contributed by atoms with Gasteiger partial charge in [0.2, 0.25) is 5.91 Å². The van der Waals surface area contributed by atoms with Crippen molar-refractivity contribution in [3.05, 3.63) is 59.7 Å². The van der Waals surface area contributed by atoms with Crippen molar-refractivity contribution in [3.63, 3.8) is 0 Å². The lowest BCUT2D eigenvalue weighted by Crippen LogP contribution is -2.33. The Balaban J connectivity index is 0. The zero-order chi connectivity index (χ0) is 24.0. The van der Waals surface area contributed by atoms with E-state index >= 15 is 0 Å². The van der Waals surface area contributed by atoms with Crippen molar-refractivity contribution in [2.24, 2.45) is 11.0 Å². The van der Waals surface area contributed by atoms with Gasteiger partial charge >= 0.3 is 11.9 Å². The maximum Gasteiger partial charge on any atom is 0.333 e. The molecule has 32 heavy (non-hydrogen) atoms. The Bertz CT molecular complexity index is 834. The molecule has 2 atom stereocenters. The predicted octanol–water partition coefficient (Wildman–Crippen LogP) is 2.13. The zero-order valence-electron chi connectivity index (χ0n) is 17.4. The van der Waals surface area contributed by atoms with E-state index in [0.29, 0.717) is 11.1 Å². The maximum atomic E-state index is 11.7. The number of rotatable bonds is 6. The van der Waals surface area contributed by atoms with Crippen LogP contribution in [-0.4, -0.2) is 39.8 Å². The molecule has 2 rings (SSSR count). The number of carbonyl (C=O) groups is 3. The Morgan fingerprint density at radius 1 is 0.969 bits per heavy atom. The van der Waals surface area contributed by atoms with Crippen LogP contribution < -0.4 is 16.3 Å².